The van der Waals surface area contributed by atoms with E-state index < -0.39 is 0 Å². The Labute approximate surface area is 184 Å². The number of hydrogen-bond donors (Lipinski definition) is 1. The first-order valence-corrected chi connectivity index (χ1v) is 9.66. The number of hydrogen-bond acceptors (Lipinski definition) is 4. The first-order valence-electron chi connectivity index (χ1n) is 9.66. The molecule has 1 fully saturated rings. The highest BCUT2D eigenvalue weighted by Crippen LogP contribution is 2.28. The molecule has 1 aliphatic rings. The number of rotatable bonds is 9. The van der Waals surface area contributed by atoms with Gasteiger partial charge < -0.3 is 19.4 Å². The van der Waals surface area contributed by atoms with Gasteiger partial charge in [-0.25, -0.2) is 4.98 Å². The molecule has 0 atom stereocenters. The molecule has 1 aromatic carbocycles. The van der Waals surface area contributed by atoms with Crippen LogP contribution in [0.3, 0.4) is 0 Å². The molecule has 1 aromatic heterocycles. The number of aromatic nitrogens is 1. The Hall–Kier alpha value is -1.61. The number of benzene rings is 1. The maximum absolute atomic E-state index is 5.70. The Bertz CT molecular complexity index is 741. The lowest BCUT2D eigenvalue weighted by Gasteiger charge is -2.21. The molecule has 1 aliphatic carbocycles. The fourth-order valence-corrected chi connectivity index (χ4v) is 2.78. The standard InChI is InChI=1S/C21H30N4O2.HI/c1-16-4-8-18(9-5-16)20-24-19(15-27-20)10-11-23-21(22-2)25(3)12-13-26-14-17-6-7-17;/h4-5,8-9,15,17H,6-7,10-14H2,1-3H3,(H,22,23);1H. The topological polar surface area (TPSA) is 62.9 Å². The molecule has 0 aliphatic heterocycles. The highest BCUT2D eigenvalue weighted by molar-refractivity contribution is 14.0. The summed E-state index contributed by atoms with van der Waals surface area (Å²) in [4.78, 5) is 11.0. The van der Waals surface area contributed by atoms with Gasteiger partial charge in [0, 0.05) is 45.8 Å². The second kappa shape index (κ2) is 11.4. The molecule has 2 aromatic rings. The Balaban J connectivity index is 0.00000280. The van der Waals surface area contributed by atoms with Gasteiger partial charge in [-0.05, 0) is 37.8 Å². The number of guanidine groups is 1. The number of likely N-dealkylation sites (N-methyl/N-ethyl adjacent to an activating group) is 1. The second-order valence-electron chi connectivity index (χ2n) is 7.17. The highest BCUT2D eigenvalue weighted by Gasteiger charge is 2.21. The van der Waals surface area contributed by atoms with Crippen LogP contribution in [0.1, 0.15) is 24.1 Å². The second-order valence-corrected chi connectivity index (χ2v) is 7.17. The summed E-state index contributed by atoms with van der Waals surface area (Å²) in [5.41, 5.74) is 3.16. The molecule has 7 heteroatoms. The lowest BCUT2D eigenvalue weighted by Crippen LogP contribution is -2.41. The lowest BCUT2D eigenvalue weighted by molar-refractivity contribution is 0.115. The SMILES string of the molecule is CN=C(NCCc1coc(-c2ccc(C)cc2)n1)N(C)CCOCC1CC1.I. The molecule has 154 valence electrons. The Morgan fingerprint density at radius 3 is 2.75 bits per heavy atom. The lowest BCUT2D eigenvalue weighted by atomic mass is 10.1. The van der Waals surface area contributed by atoms with E-state index in [0.29, 0.717) is 5.89 Å². The minimum atomic E-state index is 0. The van der Waals surface area contributed by atoms with Crippen molar-refractivity contribution >= 4 is 29.9 Å². The third kappa shape index (κ3) is 7.09. The molecule has 1 N–H and O–H groups in total. The van der Waals surface area contributed by atoms with Crippen LogP contribution >= 0.6 is 24.0 Å². The van der Waals surface area contributed by atoms with E-state index in [2.05, 4.69) is 39.2 Å². The number of nitrogens with one attached hydrogen (secondary N) is 1. The predicted molar refractivity (Wildman–Crippen MR) is 123 cm³/mol. The fraction of sp³-hybridized carbons (Fsp3) is 0.524. The average Bonchev–Trinajstić information content (AvgIpc) is 3.39. The third-order valence-electron chi connectivity index (χ3n) is 4.71. The van der Waals surface area contributed by atoms with E-state index in [0.717, 1.165) is 55.9 Å². The number of ether oxygens (including phenoxy) is 1. The van der Waals surface area contributed by atoms with Crippen molar-refractivity contribution in [3.05, 3.63) is 41.8 Å². The van der Waals surface area contributed by atoms with Crippen LogP contribution in [0.2, 0.25) is 0 Å². The monoisotopic (exact) mass is 498 g/mol. The summed E-state index contributed by atoms with van der Waals surface area (Å²) in [5.74, 6) is 2.34. The Morgan fingerprint density at radius 2 is 2.07 bits per heavy atom. The first-order chi connectivity index (χ1) is 13.2. The summed E-state index contributed by atoms with van der Waals surface area (Å²) in [6, 6.07) is 8.19. The number of halogens is 1. The van der Waals surface area contributed by atoms with Crippen molar-refractivity contribution in [2.75, 3.05) is 40.4 Å². The summed E-state index contributed by atoms with van der Waals surface area (Å²) in [7, 11) is 3.83. The smallest absolute Gasteiger partial charge is 0.226 e. The van der Waals surface area contributed by atoms with Crippen LogP contribution in [0.4, 0.5) is 0 Å². The summed E-state index contributed by atoms with van der Waals surface area (Å²) in [6.07, 6.45) is 5.16. The number of aliphatic imine (C=N–C) groups is 1. The minimum absolute atomic E-state index is 0. The fourth-order valence-electron chi connectivity index (χ4n) is 2.78. The molecule has 28 heavy (non-hydrogen) atoms. The van der Waals surface area contributed by atoms with Crippen molar-refractivity contribution in [2.24, 2.45) is 10.9 Å². The summed E-state index contributed by atoms with van der Waals surface area (Å²) in [6.45, 7) is 5.28. The van der Waals surface area contributed by atoms with Crippen molar-refractivity contribution < 1.29 is 9.15 Å². The molecule has 0 unspecified atom stereocenters. The van der Waals surface area contributed by atoms with E-state index in [-0.39, 0.29) is 24.0 Å². The van der Waals surface area contributed by atoms with Crippen LogP contribution in [0, 0.1) is 12.8 Å². The van der Waals surface area contributed by atoms with Gasteiger partial charge in [0.25, 0.3) is 0 Å². The Kier molecular flexibility index (Phi) is 9.24. The zero-order valence-corrected chi connectivity index (χ0v) is 19.3. The number of nitrogens with zero attached hydrogens (tertiary/aromatic N) is 3. The zero-order valence-electron chi connectivity index (χ0n) is 17.0. The van der Waals surface area contributed by atoms with E-state index in [9.17, 15) is 0 Å². The summed E-state index contributed by atoms with van der Waals surface area (Å²) in [5, 5.41) is 3.37. The molecule has 0 saturated heterocycles. The van der Waals surface area contributed by atoms with Crippen molar-refractivity contribution in [3.8, 4) is 11.5 Å². The van der Waals surface area contributed by atoms with Crippen molar-refractivity contribution in [1.29, 1.82) is 0 Å². The van der Waals surface area contributed by atoms with E-state index in [1.807, 2.05) is 19.2 Å². The van der Waals surface area contributed by atoms with E-state index in [1.165, 1.54) is 18.4 Å². The molecule has 1 heterocycles. The van der Waals surface area contributed by atoms with Gasteiger partial charge in [0.1, 0.15) is 6.26 Å². The highest BCUT2D eigenvalue weighted by atomic mass is 127. The largest absolute Gasteiger partial charge is 0.444 e. The molecule has 0 spiro atoms. The van der Waals surface area contributed by atoms with E-state index in [1.54, 1.807) is 13.3 Å². The predicted octanol–water partition coefficient (Wildman–Crippen LogP) is 3.74. The van der Waals surface area contributed by atoms with E-state index >= 15 is 0 Å². The van der Waals surface area contributed by atoms with Gasteiger partial charge >= 0.3 is 0 Å². The molecular weight excluding hydrogens is 467 g/mol. The molecule has 6 nitrogen and oxygen atoms in total. The van der Waals surface area contributed by atoms with Crippen LogP contribution in [0.15, 0.2) is 39.9 Å². The number of oxazole rings is 1. The molecule has 0 bridgehead atoms. The summed E-state index contributed by atoms with van der Waals surface area (Å²) < 4.78 is 11.3. The maximum atomic E-state index is 5.70. The van der Waals surface area contributed by atoms with Gasteiger partial charge in [0.15, 0.2) is 5.96 Å². The van der Waals surface area contributed by atoms with E-state index in [4.69, 9.17) is 9.15 Å². The number of aryl methyl sites for hydroxylation is 1. The molecule has 1 saturated carbocycles. The van der Waals surface area contributed by atoms with Crippen LogP contribution in [-0.4, -0.2) is 56.2 Å². The van der Waals surface area contributed by atoms with Gasteiger partial charge in [0.2, 0.25) is 5.89 Å². The van der Waals surface area contributed by atoms with Crippen LogP contribution < -0.4 is 5.32 Å². The van der Waals surface area contributed by atoms with Gasteiger partial charge in [0.05, 0.1) is 12.3 Å². The van der Waals surface area contributed by atoms with Crippen molar-refractivity contribution in [3.63, 3.8) is 0 Å². The summed E-state index contributed by atoms with van der Waals surface area (Å²) >= 11 is 0. The van der Waals surface area contributed by atoms with Gasteiger partial charge in [-0.1, -0.05) is 17.7 Å². The molecular formula is C21H31IN4O2. The van der Waals surface area contributed by atoms with Crippen LogP contribution in [0.5, 0.6) is 0 Å². The molecule has 0 radical (unpaired) electrons. The minimum Gasteiger partial charge on any atom is -0.444 e. The van der Waals surface area contributed by atoms with Gasteiger partial charge in [-0.15, -0.1) is 24.0 Å². The van der Waals surface area contributed by atoms with Gasteiger partial charge in [-0.3, -0.25) is 4.99 Å². The van der Waals surface area contributed by atoms with Gasteiger partial charge in [-0.2, -0.15) is 0 Å². The molecule has 3 rings (SSSR count). The first kappa shape index (κ1) is 22.7. The Morgan fingerprint density at radius 1 is 1.32 bits per heavy atom. The third-order valence-corrected chi connectivity index (χ3v) is 4.71. The average molecular weight is 498 g/mol. The normalized spacial score (nSPS) is 13.9. The quantitative estimate of drug-likeness (QED) is 0.247. The van der Waals surface area contributed by atoms with Crippen molar-refractivity contribution in [2.45, 2.75) is 26.2 Å². The van der Waals surface area contributed by atoms with Crippen LogP contribution in [0.25, 0.3) is 11.5 Å². The van der Waals surface area contributed by atoms with Crippen molar-refractivity contribution in [1.82, 2.24) is 15.2 Å². The maximum Gasteiger partial charge on any atom is 0.226 e. The zero-order chi connectivity index (χ0) is 19.1. The molecule has 0 amide bonds. The van der Waals surface area contributed by atoms with Crippen LogP contribution in [-0.2, 0) is 11.2 Å².